The fraction of sp³-hybridized carbons (Fsp3) is 0.471. The number of aromatic nitrogens is 2. The van der Waals surface area contributed by atoms with Gasteiger partial charge in [0.2, 0.25) is 5.91 Å². The Hall–Kier alpha value is -2.15. The summed E-state index contributed by atoms with van der Waals surface area (Å²) in [6, 6.07) is 3.41. The second-order valence-corrected chi connectivity index (χ2v) is 8.12. The highest BCUT2D eigenvalue weighted by Gasteiger charge is 2.45. The molecule has 0 bridgehead atoms. The summed E-state index contributed by atoms with van der Waals surface area (Å²) >= 11 is 1.57. The van der Waals surface area contributed by atoms with Gasteiger partial charge in [-0.1, -0.05) is 6.07 Å². The van der Waals surface area contributed by atoms with Crippen molar-refractivity contribution in [3.8, 4) is 0 Å². The summed E-state index contributed by atoms with van der Waals surface area (Å²) < 4.78 is 1.81. The molecule has 2 aromatic heterocycles. The van der Waals surface area contributed by atoms with E-state index in [1.165, 1.54) is 0 Å². The number of likely N-dealkylation sites (tertiary alicyclic amines) is 1. The predicted octanol–water partition coefficient (Wildman–Crippen LogP) is 2.87. The smallest absolute Gasteiger partial charge is 0.309 e. The normalized spacial score (nSPS) is 21.5. The minimum Gasteiger partial charge on any atom is -0.481 e. The molecule has 0 radical (unpaired) electrons. The molecule has 1 N–H and O–H groups in total. The Morgan fingerprint density at radius 1 is 1.46 bits per heavy atom. The average Bonchev–Trinajstić information content (AvgIpc) is 3.19. The molecule has 1 aliphatic heterocycles. The van der Waals surface area contributed by atoms with Crippen LogP contribution in [0.5, 0.6) is 0 Å². The zero-order chi connectivity index (χ0) is 17.5. The van der Waals surface area contributed by atoms with Crippen LogP contribution in [0.1, 0.15) is 43.7 Å². The molecule has 2 unspecified atom stereocenters. The highest BCUT2D eigenvalue weighted by molar-refractivity contribution is 7.09. The molecule has 128 valence electrons. The van der Waals surface area contributed by atoms with Crippen molar-refractivity contribution >= 4 is 23.2 Å². The van der Waals surface area contributed by atoms with Crippen LogP contribution in [-0.4, -0.2) is 31.7 Å². The van der Waals surface area contributed by atoms with Crippen molar-refractivity contribution in [3.05, 3.63) is 40.3 Å². The number of hydrogen-bond acceptors (Lipinski definition) is 4. The molecule has 2 atom stereocenters. The molecule has 1 fully saturated rings. The van der Waals surface area contributed by atoms with E-state index in [-0.39, 0.29) is 17.9 Å². The Morgan fingerprint density at radius 3 is 2.75 bits per heavy atom. The number of carbonyl (C=O) groups is 2. The van der Waals surface area contributed by atoms with E-state index in [4.69, 9.17) is 0 Å². The minimum absolute atomic E-state index is 0.0338. The summed E-state index contributed by atoms with van der Waals surface area (Å²) in [5, 5.41) is 15.9. The highest BCUT2D eigenvalue weighted by Crippen LogP contribution is 2.40. The molecule has 1 amide bonds. The number of nitrogens with zero attached hydrogens (tertiary/aromatic N) is 3. The van der Waals surface area contributed by atoms with E-state index in [2.05, 4.69) is 5.10 Å². The van der Waals surface area contributed by atoms with E-state index < -0.39 is 17.9 Å². The molecule has 6 nitrogen and oxygen atoms in total. The van der Waals surface area contributed by atoms with Gasteiger partial charge in [-0.25, -0.2) is 0 Å². The molecule has 0 aromatic carbocycles. The maximum Gasteiger partial charge on any atom is 0.309 e. The first kappa shape index (κ1) is 16.7. The summed E-state index contributed by atoms with van der Waals surface area (Å²) in [5.74, 6) is -1.80. The van der Waals surface area contributed by atoms with E-state index >= 15 is 0 Å². The molecule has 1 saturated heterocycles. The van der Waals surface area contributed by atoms with Gasteiger partial charge in [-0.2, -0.15) is 5.10 Å². The number of rotatable bonds is 4. The first-order chi connectivity index (χ1) is 11.3. The zero-order valence-electron chi connectivity index (χ0n) is 14.0. The number of aliphatic carboxylic acids is 1. The van der Waals surface area contributed by atoms with E-state index in [9.17, 15) is 14.7 Å². The number of amides is 1. The quantitative estimate of drug-likeness (QED) is 0.923. The molecule has 3 heterocycles. The van der Waals surface area contributed by atoms with Crippen molar-refractivity contribution < 1.29 is 14.7 Å². The number of carboxylic acids is 1. The van der Waals surface area contributed by atoms with E-state index in [1.807, 2.05) is 49.2 Å². The first-order valence-electron chi connectivity index (χ1n) is 7.87. The molecule has 24 heavy (non-hydrogen) atoms. The third kappa shape index (κ3) is 3.08. The van der Waals surface area contributed by atoms with Crippen molar-refractivity contribution in [2.45, 2.75) is 45.3 Å². The van der Waals surface area contributed by atoms with Gasteiger partial charge in [-0.05, 0) is 32.2 Å². The fourth-order valence-electron chi connectivity index (χ4n) is 3.04. The van der Waals surface area contributed by atoms with Gasteiger partial charge in [-0.3, -0.25) is 14.3 Å². The Balaban J connectivity index is 1.96. The number of thiophene rings is 1. The largest absolute Gasteiger partial charge is 0.481 e. The predicted molar refractivity (Wildman–Crippen MR) is 90.6 cm³/mol. The molecule has 7 heteroatoms. The maximum atomic E-state index is 12.4. The highest BCUT2D eigenvalue weighted by atomic mass is 32.1. The fourth-order valence-corrected chi connectivity index (χ4v) is 3.74. The van der Waals surface area contributed by atoms with Crippen LogP contribution in [0.3, 0.4) is 0 Å². The summed E-state index contributed by atoms with van der Waals surface area (Å²) in [4.78, 5) is 26.8. The zero-order valence-corrected chi connectivity index (χ0v) is 14.8. The standard InChI is InChI=1S/C17H21N3O3S/c1-17(2,3)20-9-11(8-18-20)15-13(16(22)23)7-14(21)19(15)10-12-5-4-6-24-12/h4-6,8-9,13,15H,7,10H2,1-3H3,(H,22,23). The molecule has 3 rings (SSSR count). The van der Waals surface area contributed by atoms with Crippen molar-refractivity contribution in [1.29, 1.82) is 0 Å². The molecule has 0 spiro atoms. The molecule has 0 aliphatic carbocycles. The van der Waals surface area contributed by atoms with Crippen molar-refractivity contribution in [2.75, 3.05) is 0 Å². The van der Waals surface area contributed by atoms with E-state index in [0.717, 1.165) is 10.4 Å². The van der Waals surface area contributed by atoms with Gasteiger partial charge in [0.1, 0.15) is 0 Å². The van der Waals surface area contributed by atoms with Gasteiger partial charge in [-0.15, -0.1) is 11.3 Å². The van der Waals surface area contributed by atoms with Gasteiger partial charge in [0.05, 0.1) is 30.2 Å². The van der Waals surface area contributed by atoms with Crippen LogP contribution >= 0.6 is 11.3 Å². The van der Waals surface area contributed by atoms with Crippen LogP contribution in [-0.2, 0) is 21.7 Å². The van der Waals surface area contributed by atoms with Gasteiger partial charge in [0, 0.05) is 23.1 Å². The molecular weight excluding hydrogens is 326 g/mol. The van der Waals surface area contributed by atoms with Crippen LogP contribution in [0.4, 0.5) is 0 Å². The Labute approximate surface area is 144 Å². The van der Waals surface area contributed by atoms with Crippen LogP contribution in [0.2, 0.25) is 0 Å². The number of carboxylic acid groups (broad SMARTS) is 1. The average molecular weight is 347 g/mol. The van der Waals surface area contributed by atoms with E-state index in [1.54, 1.807) is 22.4 Å². The van der Waals surface area contributed by atoms with Crippen LogP contribution in [0.25, 0.3) is 0 Å². The molecule has 1 aliphatic rings. The van der Waals surface area contributed by atoms with E-state index in [0.29, 0.717) is 6.54 Å². The monoisotopic (exact) mass is 347 g/mol. The second-order valence-electron chi connectivity index (χ2n) is 7.08. The van der Waals surface area contributed by atoms with Gasteiger partial charge in [0.15, 0.2) is 0 Å². The van der Waals surface area contributed by atoms with Gasteiger partial charge < -0.3 is 10.0 Å². The van der Waals surface area contributed by atoms with Gasteiger partial charge in [0.25, 0.3) is 0 Å². The van der Waals surface area contributed by atoms with Crippen molar-refractivity contribution in [2.24, 2.45) is 5.92 Å². The molecular formula is C17H21N3O3S. The Kier molecular flexibility index (Phi) is 4.21. The van der Waals surface area contributed by atoms with Crippen molar-refractivity contribution in [1.82, 2.24) is 14.7 Å². The lowest BCUT2D eigenvalue weighted by Gasteiger charge is -2.26. The second kappa shape index (κ2) is 6.05. The molecule has 2 aromatic rings. The third-order valence-corrected chi connectivity index (χ3v) is 5.15. The number of hydrogen-bond donors (Lipinski definition) is 1. The SMILES string of the molecule is CC(C)(C)n1cc(C2C(C(=O)O)CC(=O)N2Cc2cccs2)cn1. The topological polar surface area (TPSA) is 75.4 Å². The summed E-state index contributed by atoms with van der Waals surface area (Å²) in [5.41, 5.74) is 0.581. The van der Waals surface area contributed by atoms with Crippen LogP contribution in [0.15, 0.2) is 29.9 Å². The lowest BCUT2D eigenvalue weighted by molar-refractivity contribution is -0.142. The van der Waals surface area contributed by atoms with Gasteiger partial charge >= 0.3 is 5.97 Å². The lowest BCUT2D eigenvalue weighted by Crippen LogP contribution is -2.30. The Morgan fingerprint density at radius 2 is 2.21 bits per heavy atom. The van der Waals surface area contributed by atoms with Crippen LogP contribution in [0, 0.1) is 5.92 Å². The summed E-state index contributed by atoms with van der Waals surface area (Å²) in [6.45, 7) is 6.52. The minimum atomic E-state index is -0.939. The first-order valence-corrected chi connectivity index (χ1v) is 8.75. The summed E-state index contributed by atoms with van der Waals surface area (Å²) in [6.07, 6.45) is 3.58. The summed E-state index contributed by atoms with van der Waals surface area (Å²) in [7, 11) is 0. The lowest BCUT2D eigenvalue weighted by atomic mass is 9.96. The number of carbonyl (C=O) groups excluding carboxylic acids is 1. The Bertz CT molecular complexity index is 745. The van der Waals surface area contributed by atoms with Crippen LogP contribution < -0.4 is 0 Å². The maximum absolute atomic E-state index is 12.4. The third-order valence-electron chi connectivity index (χ3n) is 4.29. The molecule has 0 saturated carbocycles. The van der Waals surface area contributed by atoms with Crippen molar-refractivity contribution in [3.63, 3.8) is 0 Å².